The number of hydrogen-bond acceptors (Lipinski definition) is 2. The minimum atomic E-state index is -0.374. The monoisotopic (exact) mass is 442 g/mol. The smallest absolute Gasteiger partial charge is 0.312 e. The van der Waals surface area contributed by atoms with Gasteiger partial charge in [0.25, 0.3) is 0 Å². The lowest BCUT2D eigenvalue weighted by Crippen LogP contribution is -2.57. The van der Waals surface area contributed by atoms with Gasteiger partial charge in [-0.3, -0.25) is 4.79 Å². The van der Waals surface area contributed by atoms with Gasteiger partial charge in [-0.2, -0.15) is 0 Å². The molecular formula is C30H50O2. The zero-order chi connectivity index (χ0) is 23.5. The molecule has 32 heavy (non-hydrogen) atoms. The molecule has 182 valence electrons. The predicted octanol–water partition coefficient (Wildman–Crippen LogP) is 8.04. The number of esters is 1. The van der Waals surface area contributed by atoms with Gasteiger partial charge in [-0.15, -0.1) is 0 Å². The van der Waals surface area contributed by atoms with Crippen LogP contribution in [-0.4, -0.2) is 11.6 Å². The molecule has 5 aliphatic carbocycles. The van der Waals surface area contributed by atoms with E-state index >= 15 is 0 Å². The van der Waals surface area contributed by atoms with Crippen molar-refractivity contribution in [3.05, 3.63) is 0 Å². The lowest BCUT2D eigenvalue weighted by Gasteiger charge is -2.63. The molecule has 2 nitrogen and oxygen atoms in total. The van der Waals surface area contributed by atoms with Crippen molar-refractivity contribution in [1.29, 1.82) is 0 Å². The first-order valence-electron chi connectivity index (χ1n) is 13.8. The summed E-state index contributed by atoms with van der Waals surface area (Å²) in [5.74, 6) is 4.34. The maximum absolute atomic E-state index is 13.4. The van der Waals surface area contributed by atoms with E-state index in [1.807, 2.05) is 0 Å². The maximum Gasteiger partial charge on any atom is 0.312 e. The van der Waals surface area contributed by atoms with Crippen LogP contribution in [0.5, 0.6) is 0 Å². The summed E-state index contributed by atoms with van der Waals surface area (Å²) in [5, 5.41) is 0. The molecule has 0 aromatic carbocycles. The molecule has 8 atom stereocenters. The number of fused-ring (bicyclic) bond motifs is 5. The van der Waals surface area contributed by atoms with Crippen molar-refractivity contribution in [3.8, 4) is 0 Å². The van der Waals surface area contributed by atoms with E-state index in [4.69, 9.17) is 4.74 Å². The van der Waals surface area contributed by atoms with E-state index in [1.165, 1.54) is 51.4 Å². The Bertz CT molecular complexity index is 802. The standard InChI is InChI=1S/C30H50O2/c1-25(2,3)29(9)22-11-10-19-16-30(13-12-20(17-30)23(29)15-21(19)14-22)27(6,7)32-24(31)28(8)18-26(28,4)5/h19-23H,10-18H2,1-9H3. The van der Waals surface area contributed by atoms with Crippen LogP contribution in [0, 0.1) is 56.7 Å². The number of carbonyl (C=O) groups excluding carboxylic acids is 1. The Balaban J connectivity index is 1.48. The second-order valence-electron chi connectivity index (χ2n) is 15.7. The molecule has 0 spiro atoms. The molecule has 0 radical (unpaired) electrons. The van der Waals surface area contributed by atoms with Crippen LogP contribution in [0.1, 0.15) is 120 Å². The van der Waals surface area contributed by atoms with Crippen LogP contribution in [0.2, 0.25) is 0 Å². The van der Waals surface area contributed by atoms with Gasteiger partial charge in [0.15, 0.2) is 0 Å². The van der Waals surface area contributed by atoms with E-state index in [-0.39, 0.29) is 27.8 Å². The Morgan fingerprint density at radius 1 is 0.844 bits per heavy atom. The molecular weight excluding hydrogens is 392 g/mol. The third-order valence-electron chi connectivity index (χ3n) is 13.0. The van der Waals surface area contributed by atoms with Gasteiger partial charge in [-0.25, -0.2) is 0 Å². The van der Waals surface area contributed by atoms with Gasteiger partial charge in [-0.1, -0.05) is 41.5 Å². The summed E-state index contributed by atoms with van der Waals surface area (Å²) in [4.78, 5) is 13.4. The van der Waals surface area contributed by atoms with Crippen molar-refractivity contribution in [2.45, 2.75) is 126 Å². The zero-order valence-electron chi connectivity index (χ0n) is 22.6. The van der Waals surface area contributed by atoms with Gasteiger partial charge in [0.05, 0.1) is 5.41 Å². The van der Waals surface area contributed by atoms with Crippen molar-refractivity contribution in [2.75, 3.05) is 0 Å². The number of carbonyl (C=O) groups is 1. The molecule has 5 bridgehead atoms. The molecule has 2 heteroatoms. The van der Waals surface area contributed by atoms with Crippen molar-refractivity contribution >= 4 is 5.97 Å². The topological polar surface area (TPSA) is 26.3 Å². The minimum Gasteiger partial charge on any atom is -0.459 e. The highest BCUT2D eigenvalue weighted by molar-refractivity contribution is 5.81. The van der Waals surface area contributed by atoms with Crippen LogP contribution >= 0.6 is 0 Å². The molecule has 0 aliphatic heterocycles. The second kappa shape index (κ2) is 6.57. The van der Waals surface area contributed by atoms with Gasteiger partial charge in [0, 0.05) is 5.41 Å². The Morgan fingerprint density at radius 2 is 1.47 bits per heavy atom. The zero-order valence-corrected chi connectivity index (χ0v) is 22.6. The third kappa shape index (κ3) is 2.92. The van der Waals surface area contributed by atoms with E-state index in [1.54, 1.807) is 0 Å². The first-order chi connectivity index (χ1) is 14.6. The highest BCUT2D eigenvalue weighted by Gasteiger charge is 2.67. The van der Waals surface area contributed by atoms with Crippen LogP contribution in [0.15, 0.2) is 0 Å². The molecule has 5 aliphatic rings. The lowest BCUT2D eigenvalue weighted by molar-refractivity contribution is -0.189. The third-order valence-corrected chi connectivity index (χ3v) is 13.0. The van der Waals surface area contributed by atoms with Gasteiger partial charge < -0.3 is 4.74 Å². The summed E-state index contributed by atoms with van der Waals surface area (Å²) in [6.07, 6.45) is 11.8. The first kappa shape index (κ1) is 23.2. The maximum atomic E-state index is 13.4. The van der Waals surface area contributed by atoms with E-state index in [0.29, 0.717) is 10.8 Å². The molecule has 0 aromatic heterocycles. The van der Waals surface area contributed by atoms with Gasteiger partial charge in [-0.05, 0) is 124 Å². The van der Waals surface area contributed by atoms with Crippen molar-refractivity contribution in [2.24, 2.45) is 56.7 Å². The van der Waals surface area contributed by atoms with Crippen molar-refractivity contribution < 1.29 is 9.53 Å². The molecule has 8 unspecified atom stereocenters. The highest BCUT2D eigenvalue weighted by Crippen LogP contribution is 2.71. The molecule has 0 N–H and O–H groups in total. The summed E-state index contributed by atoms with van der Waals surface area (Å²) in [7, 11) is 0. The van der Waals surface area contributed by atoms with Crippen LogP contribution in [-0.2, 0) is 9.53 Å². The van der Waals surface area contributed by atoms with E-state index in [0.717, 1.165) is 36.0 Å². The van der Waals surface area contributed by atoms with E-state index in [2.05, 4.69) is 62.3 Å². The van der Waals surface area contributed by atoms with Crippen molar-refractivity contribution in [1.82, 2.24) is 0 Å². The van der Waals surface area contributed by atoms with Crippen LogP contribution in [0.25, 0.3) is 0 Å². The quantitative estimate of drug-likeness (QED) is 0.413. The fraction of sp³-hybridized carbons (Fsp3) is 0.967. The average molecular weight is 443 g/mol. The summed E-state index contributed by atoms with van der Waals surface area (Å²) in [6, 6.07) is 0. The Labute approximate surface area is 198 Å². The Hall–Kier alpha value is -0.530. The molecule has 5 fully saturated rings. The first-order valence-corrected chi connectivity index (χ1v) is 13.8. The summed E-state index contributed by atoms with van der Waals surface area (Å²) in [6.45, 7) is 21.3. The predicted molar refractivity (Wildman–Crippen MR) is 131 cm³/mol. The van der Waals surface area contributed by atoms with E-state index < -0.39 is 0 Å². The van der Waals surface area contributed by atoms with Crippen LogP contribution < -0.4 is 0 Å². The summed E-state index contributed by atoms with van der Waals surface area (Å²) < 4.78 is 6.57. The Kier molecular flexibility index (Phi) is 4.77. The van der Waals surface area contributed by atoms with Gasteiger partial charge >= 0.3 is 5.97 Å². The SMILES string of the molecule is CC(C)(C)C1(C)C2CCC3CC4(C(C)(C)OC(=O)C5(C)CC5(C)C)CCC(C4)C1CC3C2. The summed E-state index contributed by atoms with van der Waals surface area (Å²) in [5.41, 5.74) is 0.354. The lowest BCUT2D eigenvalue weighted by atomic mass is 9.42. The number of ether oxygens (including phenoxy) is 1. The fourth-order valence-corrected chi connectivity index (χ4v) is 9.78. The van der Waals surface area contributed by atoms with Crippen LogP contribution in [0.4, 0.5) is 0 Å². The number of rotatable bonds is 3. The largest absolute Gasteiger partial charge is 0.459 e. The van der Waals surface area contributed by atoms with Crippen molar-refractivity contribution in [3.63, 3.8) is 0 Å². The molecule has 0 aromatic rings. The molecule has 0 heterocycles. The minimum absolute atomic E-state index is 0.0656. The van der Waals surface area contributed by atoms with Gasteiger partial charge in [0.2, 0.25) is 0 Å². The van der Waals surface area contributed by atoms with Gasteiger partial charge in [0.1, 0.15) is 5.60 Å². The molecule has 0 amide bonds. The number of hydrogen-bond donors (Lipinski definition) is 0. The highest BCUT2D eigenvalue weighted by atomic mass is 16.6. The molecule has 5 rings (SSSR count). The normalized spacial score (nSPS) is 49.3. The second-order valence-corrected chi connectivity index (χ2v) is 15.7. The van der Waals surface area contributed by atoms with E-state index in [9.17, 15) is 4.79 Å². The Morgan fingerprint density at radius 3 is 2.06 bits per heavy atom. The molecule has 5 saturated carbocycles. The summed E-state index contributed by atoms with van der Waals surface area (Å²) >= 11 is 0. The molecule has 0 saturated heterocycles. The fourth-order valence-electron chi connectivity index (χ4n) is 9.78. The average Bonchev–Trinajstić information content (AvgIpc) is 3.00. The van der Waals surface area contributed by atoms with Crippen LogP contribution in [0.3, 0.4) is 0 Å².